The van der Waals surface area contributed by atoms with Crippen molar-refractivity contribution in [1.82, 2.24) is 4.98 Å². The quantitative estimate of drug-likeness (QED) is 0.686. The van der Waals surface area contributed by atoms with Crippen molar-refractivity contribution in [2.45, 2.75) is 19.0 Å². The van der Waals surface area contributed by atoms with E-state index < -0.39 is 47.0 Å². The number of alkyl halides is 5. The molecule has 0 aliphatic rings. The van der Waals surface area contributed by atoms with E-state index in [4.69, 9.17) is 16.7 Å². The van der Waals surface area contributed by atoms with Crippen molar-refractivity contribution in [3.8, 4) is 0 Å². The maximum absolute atomic E-state index is 12.6. The maximum Gasteiger partial charge on any atom is 0.416 e. The minimum atomic E-state index is -4.99. The van der Waals surface area contributed by atoms with Crippen LogP contribution in [0.4, 0.5) is 22.0 Å². The number of hydrogen-bond acceptors (Lipinski definition) is 2. The Morgan fingerprint density at radius 2 is 2.00 bits per heavy atom. The summed E-state index contributed by atoms with van der Waals surface area (Å²) in [6.45, 7) is 0. The zero-order chi connectivity index (χ0) is 14.1. The van der Waals surface area contributed by atoms with Crippen molar-refractivity contribution in [2.75, 3.05) is 0 Å². The molecule has 100 valence electrons. The molecule has 0 fully saturated rings. The molecule has 0 bridgehead atoms. The average molecular weight is 290 g/mol. The fourth-order valence-corrected chi connectivity index (χ4v) is 1.51. The van der Waals surface area contributed by atoms with Gasteiger partial charge in [0.2, 0.25) is 0 Å². The predicted octanol–water partition coefficient (Wildman–Crippen LogP) is 3.32. The number of nitrogens with zero attached hydrogens (tertiary/aromatic N) is 1. The van der Waals surface area contributed by atoms with Gasteiger partial charge >= 0.3 is 12.1 Å². The van der Waals surface area contributed by atoms with Gasteiger partial charge in [0.05, 0.1) is 12.0 Å². The second-order valence-electron chi connectivity index (χ2n) is 3.23. The molecule has 0 unspecified atom stereocenters. The van der Waals surface area contributed by atoms with Gasteiger partial charge < -0.3 is 5.11 Å². The third-order valence-electron chi connectivity index (χ3n) is 1.95. The van der Waals surface area contributed by atoms with E-state index in [0.29, 0.717) is 0 Å². The molecule has 0 atom stereocenters. The van der Waals surface area contributed by atoms with E-state index in [1.807, 2.05) is 0 Å². The number of carbonyl (C=O) groups is 1. The number of aromatic nitrogens is 1. The Hall–Kier alpha value is -1.44. The Morgan fingerprint density at radius 1 is 1.44 bits per heavy atom. The fraction of sp³-hybridized carbons (Fsp3) is 0.333. The molecule has 1 heterocycles. The highest BCUT2D eigenvalue weighted by atomic mass is 35.5. The van der Waals surface area contributed by atoms with Crippen LogP contribution in [-0.2, 0) is 17.4 Å². The van der Waals surface area contributed by atoms with Crippen LogP contribution in [0.25, 0.3) is 0 Å². The number of pyridine rings is 1. The topological polar surface area (TPSA) is 50.2 Å². The summed E-state index contributed by atoms with van der Waals surface area (Å²) in [7, 11) is 0. The molecule has 0 saturated heterocycles. The monoisotopic (exact) mass is 289 g/mol. The smallest absolute Gasteiger partial charge is 0.416 e. The van der Waals surface area contributed by atoms with Crippen LogP contribution in [0, 0.1) is 0 Å². The average Bonchev–Trinajstić information content (AvgIpc) is 2.17. The second-order valence-corrected chi connectivity index (χ2v) is 3.59. The summed E-state index contributed by atoms with van der Waals surface area (Å²) in [6, 6.07) is 0.106. The van der Waals surface area contributed by atoms with E-state index in [1.54, 1.807) is 0 Å². The van der Waals surface area contributed by atoms with Gasteiger partial charge in [0.25, 0.3) is 6.43 Å². The van der Waals surface area contributed by atoms with Crippen molar-refractivity contribution in [3.63, 3.8) is 0 Å². The van der Waals surface area contributed by atoms with Gasteiger partial charge in [-0.15, -0.1) is 0 Å². The first-order valence-electron chi connectivity index (χ1n) is 4.39. The molecular formula is C9H5ClF5NO2. The Morgan fingerprint density at radius 3 is 2.39 bits per heavy atom. The van der Waals surface area contributed by atoms with Gasteiger partial charge in [-0.25, -0.2) is 13.8 Å². The van der Waals surface area contributed by atoms with Crippen LogP contribution in [0.2, 0.25) is 5.15 Å². The normalized spacial score (nSPS) is 11.9. The molecule has 3 nitrogen and oxygen atoms in total. The van der Waals surface area contributed by atoms with E-state index in [2.05, 4.69) is 4.98 Å². The molecule has 0 aliphatic carbocycles. The van der Waals surface area contributed by atoms with Crippen LogP contribution in [-0.4, -0.2) is 16.1 Å². The minimum Gasteiger partial charge on any atom is -0.481 e. The van der Waals surface area contributed by atoms with Gasteiger partial charge in [0.15, 0.2) is 0 Å². The Balaban J connectivity index is 3.45. The first-order valence-corrected chi connectivity index (χ1v) is 4.77. The van der Waals surface area contributed by atoms with Gasteiger partial charge in [-0.1, -0.05) is 11.6 Å². The standard InChI is InChI=1S/C9H5ClF5NO2/c10-7-3(1-6(17)18)4(9(13,14)15)2-5(16-7)8(11)12/h2,8H,1H2,(H,17,18). The summed E-state index contributed by atoms with van der Waals surface area (Å²) in [5.41, 5.74) is -3.50. The highest BCUT2D eigenvalue weighted by Crippen LogP contribution is 2.36. The number of carboxylic acids is 1. The maximum atomic E-state index is 12.6. The Kier molecular flexibility index (Phi) is 4.10. The molecule has 1 rings (SSSR count). The van der Waals surface area contributed by atoms with Crippen LogP contribution in [0.1, 0.15) is 23.2 Å². The fourth-order valence-electron chi connectivity index (χ4n) is 1.24. The molecular weight excluding hydrogens is 285 g/mol. The van der Waals surface area contributed by atoms with Crippen LogP contribution < -0.4 is 0 Å². The number of carboxylic acid groups (broad SMARTS) is 1. The lowest BCUT2D eigenvalue weighted by molar-refractivity contribution is -0.139. The molecule has 0 radical (unpaired) electrons. The van der Waals surface area contributed by atoms with Gasteiger partial charge in [0, 0.05) is 5.56 Å². The highest BCUT2D eigenvalue weighted by molar-refractivity contribution is 6.30. The van der Waals surface area contributed by atoms with Gasteiger partial charge in [-0.05, 0) is 6.07 Å². The van der Waals surface area contributed by atoms with E-state index >= 15 is 0 Å². The number of halogens is 6. The lowest BCUT2D eigenvalue weighted by Crippen LogP contribution is -2.15. The van der Waals surface area contributed by atoms with E-state index in [0.717, 1.165) is 0 Å². The Bertz CT molecular complexity index is 475. The third kappa shape index (κ3) is 3.28. The van der Waals surface area contributed by atoms with Gasteiger partial charge in [0.1, 0.15) is 10.8 Å². The van der Waals surface area contributed by atoms with E-state index in [1.165, 1.54) is 0 Å². The summed E-state index contributed by atoms with van der Waals surface area (Å²) >= 11 is 5.32. The molecule has 0 spiro atoms. The number of rotatable bonds is 3. The van der Waals surface area contributed by atoms with Crippen molar-refractivity contribution < 1.29 is 31.9 Å². The molecule has 0 amide bonds. The van der Waals surface area contributed by atoms with Crippen molar-refractivity contribution in [1.29, 1.82) is 0 Å². The molecule has 0 aliphatic heterocycles. The summed E-state index contributed by atoms with van der Waals surface area (Å²) in [5, 5.41) is 7.57. The van der Waals surface area contributed by atoms with E-state index in [9.17, 15) is 26.7 Å². The molecule has 1 aromatic heterocycles. The summed E-state index contributed by atoms with van der Waals surface area (Å²) in [6.07, 6.45) is -9.27. The zero-order valence-electron chi connectivity index (χ0n) is 8.43. The lowest BCUT2D eigenvalue weighted by Gasteiger charge is -2.14. The van der Waals surface area contributed by atoms with Crippen LogP contribution in [0.3, 0.4) is 0 Å². The van der Waals surface area contributed by atoms with Crippen molar-refractivity contribution >= 4 is 17.6 Å². The largest absolute Gasteiger partial charge is 0.481 e. The van der Waals surface area contributed by atoms with Crippen LogP contribution in [0.15, 0.2) is 6.07 Å². The van der Waals surface area contributed by atoms with Crippen molar-refractivity contribution in [2.24, 2.45) is 0 Å². The summed E-state index contributed by atoms with van der Waals surface area (Å²) in [4.78, 5) is 13.5. The molecule has 0 saturated carbocycles. The first-order chi connectivity index (χ1) is 8.12. The van der Waals surface area contributed by atoms with E-state index in [-0.39, 0.29) is 6.07 Å². The summed E-state index contributed by atoms with van der Waals surface area (Å²) < 4.78 is 62.4. The molecule has 0 aromatic carbocycles. The Labute approximate surface area is 102 Å². The third-order valence-corrected chi connectivity index (χ3v) is 2.26. The number of hydrogen-bond donors (Lipinski definition) is 1. The predicted molar refractivity (Wildman–Crippen MR) is 50.5 cm³/mol. The van der Waals surface area contributed by atoms with Crippen LogP contribution in [0.5, 0.6) is 0 Å². The highest BCUT2D eigenvalue weighted by Gasteiger charge is 2.36. The lowest BCUT2D eigenvalue weighted by atomic mass is 10.1. The SMILES string of the molecule is O=C(O)Cc1c(C(F)(F)F)cc(C(F)F)nc1Cl. The van der Waals surface area contributed by atoms with Gasteiger partial charge in [-0.3, -0.25) is 4.79 Å². The molecule has 9 heteroatoms. The number of aliphatic carboxylic acids is 1. The molecule has 1 N–H and O–H groups in total. The summed E-state index contributed by atoms with van der Waals surface area (Å²) in [5.74, 6) is -1.58. The molecule has 1 aromatic rings. The molecule has 18 heavy (non-hydrogen) atoms. The zero-order valence-corrected chi connectivity index (χ0v) is 9.19. The van der Waals surface area contributed by atoms with Crippen LogP contribution >= 0.6 is 11.6 Å². The minimum absolute atomic E-state index is 0.106. The van der Waals surface area contributed by atoms with Crippen molar-refractivity contribution in [3.05, 3.63) is 28.0 Å². The van der Waals surface area contributed by atoms with Gasteiger partial charge in [-0.2, -0.15) is 13.2 Å². The second kappa shape index (κ2) is 5.05. The first kappa shape index (κ1) is 14.6.